The van der Waals surface area contributed by atoms with E-state index in [2.05, 4.69) is 32.0 Å². The van der Waals surface area contributed by atoms with E-state index >= 15 is 0 Å². The minimum absolute atomic E-state index is 0.280. The highest BCUT2D eigenvalue weighted by Gasteiger charge is 2.24. The molecule has 1 unspecified atom stereocenters. The van der Waals surface area contributed by atoms with Crippen molar-refractivity contribution in [3.05, 3.63) is 29.3 Å². The van der Waals surface area contributed by atoms with Crippen LogP contribution in [0.15, 0.2) is 18.2 Å². The Kier molecular flexibility index (Phi) is 6.29. The average Bonchev–Trinajstić information content (AvgIpc) is 2.54. The number of hydrogen-bond acceptors (Lipinski definition) is 3. The van der Waals surface area contributed by atoms with Crippen molar-refractivity contribution in [3.63, 3.8) is 0 Å². The van der Waals surface area contributed by atoms with Gasteiger partial charge in [0.25, 0.3) is 0 Å². The van der Waals surface area contributed by atoms with Gasteiger partial charge in [0.15, 0.2) is 6.10 Å². The summed E-state index contributed by atoms with van der Waals surface area (Å²) in [5.74, 6) is 1.15. The van der Waals surface area contributed by atoms with E-state index in [1.165, 1.54) is 44.8 Å². The zero-order valence-corrected chi connectivity index (χ0v) is 14.1. The van der Waals surface area contributed by atoms with Gasteiger partial charge in [-0.3, -0.25) is 0 Å². The van der Waals surface area contributed by atoms with Gasteiger partial charge in [-0.25, -0.2) is 4.79 Å². The molecule has 1 saturated carbocycles. The number of ether oxygens (including phenoxy) is 2. The van der Waals surface area contributed by atoms with Crippen molar-refractivity contribution in [2.24, 2.45) is 0 Å². The quantitative estimate of drug-likeness (QED) is 0.711. The second-order valence-corrected chi connectivity index (χ2v) is 6.29. The second kappa shape index (κ2) is 8.21. The molecule has 1 aliphatic rings. The Labute approximate surface area is 134 Å². The molecule has 2 rings (SSSR count). The van der Waals surface area contributed by atoms with Gasteiger partial charge in [0.2, 0.25) is 0 Å². The van der Waals surface area contributed by atoms with Crippen LogP contribution in [0.25, 0.3) is 0 Å². The summed E-state index contributed by atoms with van der Waals surface area (Å²) in [7, 11) is 1.42. The number of esters is 1. The fourth-order valence-electron chi connectivity index (χ4n) is 3.27. The van der Waals surface area contributed by atoms with Crippen LogP contribution in [0.4, 0.5) is 0 Å². The Morgan fingerprint density at radius 1 is 1.27 bits per heavy atom. The third kappa shape index (κ3) is 4.25. The van der Waals surface area contributed by atoms with Gasteiger partial charge in [0, 0.05) is 0 Å². The first-order valence-electron chi connectivity index (χ1n) is 8.50. The predicted molar refractivity (Wildman–Crippen MR) is 88.3 cm³/mol. The Morgan fingerprint density at radius 3 is 2.64 bits per heavy atom. The maximum Gasteiger partial charge on any atom is 0.347 e. The first-order chi connectivity index (χ1) is 10.7. The molecule has 0 saturated heterocycles. The Balaban J connectivity index is 2.23. The Morgan fingerprint density at radius 2 is 2.00 bits per heavy atom. The molecule has 0 N–H and O–H groups in total. The van der Waals surface area contributed by atoms with Crippen molar-refractivity contribution in [1.82, 2.24) is 0 Å². The summed E-state index contributed by atoms with van der Waals surface area (Å²) >= 11 is 0. The van der Waals surface area contributed by atoms with E-state index in [-0.39, 0.29) is 5.97 Å². The maximum atomic E-state index is 11.9. The Hall–Kier alpha value is -1.51. The number of rotatable bonds is 6. The van der Waals surface area contributed by atoms with E-state index in [4.69, 9.17) is 9.47 Å². The van der Waals surface area contributed by atoms with Crippen LogP contribution in [0.5, 0.6) is 5.75 Å². The van der Waals surface area contributed by atoms with Crippen LogP contribution in [0, 0.1) is 6.92 Å². The molecule has 0 aromatic heterocycles. The lowest BCUT2D eigenvalue weighted by Gasteiger charge is -2.26. The van der Waals surface area contributed by atoms with Crippen LogP contribution in [-0.2, 0) is 9.53 Å². The van der Waals surface area contributed by atoms with Gasteiger partial charge >= 0.3 is 5.97 Å². The molecular weight excluding hydrogens is 276 g/mol. The van der Waals surface area contributed by atoms with Crippen LogP contribution < -0.4 is 4.74 Å². The summed E-state index contributed by atoms with van der Waals surface area (Å²) < 4.78 is 11.0. The fraction of sp³-hybridized carbons (Fsp3) is 0.632. The molecular formula is C19H28O3. The summed E-state index contributed by atoms with van der Waals surface area (Å²) in [5, 5.41) is 0. The summed E-state index contributed by atoms with van der Waals surface area (Å²) in [6, 6.07) is 6.39. The summed E-state index contributed by atoms with van der Waals surface area (Å²) in [4.78, 5) is 11.9. The van der Waals surface area contributed by atoms with Crippen molar-refractivity contribution in [3.8, 4) is 5.75 Å². The molecule has 0 aliphatic heterocycles. The average molecular weight is 304 g/mol. The molecule has 1 atom stereocenters. The molecule has 3 heteroatoms. The lowest BCUT2D eigenvalue weighted by molar-refractivity contribution is -0.149. The topological polar surface area (TPSA) is 35.5 Å². The number of aryl methyl sites for hydroxylation is 1. The van der Waals surface area contributed by atoms with Crippen molar-refractivity contribution in [2.45, 2.75) is 70.8 Å². The van der Waals surface area contributed by atoms with Crippen LogP contribution in [0.3, 0.4) is 0 Å². The highest BCUT2D eigenvalue weighted by molar-refractivity contribution is 5.75. The zero-order chi connectivity index (χ0) is 15.9. The van der Waals surface area contributed by atoms with E-state index in [0.29, 0.717) is 12.3 Å². The van der Waals surface area contributed by atoms with Gasteiger partial charge in [0.05, 0.1) is 7.11 Å². The van der Waals surface area contributed by atoms with Gasteiger partial charge in [-0.1, -0.05) is 44.7 Å². The van der Waals surface area contributed by atoms with Crippen LogP contribution >= 0.6 is 0 Å². The number of hydrogen-bond donors (Lipinski definition) is 0. The van der Waals surface area contributed by atoms with Crippen molar-refractivity contribution < 1.29 is 14.3 Å². The first-order valence-corrected chi connectivity index (χ1v) is 8.50. The second-order valence-electron chi connectivity index (χ2n) is 6.29. The molecule has 122 valence electrons. The van der Waals surface area contributed by atoms with Gasteiger partial charge in [-0.05, 0) is 49.3 Å². The van der Waals surface area contributed by atoms with Crippen molar-refractivity contribution in [1.29, 1.82) is 0 Å². The van der Waals surface area contributed by atoms with E-state index in [9.17, 15) is 4.79 Å². The number of benzene rings is 1. The lowest BCUT2D eigenvalue weighted by atomic mass is 9.83. The highest BCUT2D eigenvalue weighted by atomic mass is 16.6. The normalized spacial score (nSPS) is 17.0. The molecule has 0 bridgehead atoms. The largest absolute Gasteiger partial charge is 0.478 e. The molecule has 1 fully saturated rings. The number of methoxy groups -OCH3 is 1. The Bertz CT molecular complexity index is 489. The van der Waals surface area contributed by atoms with E-state index in [1.807, 2.05) is 0 Å². The minimum Gasteiger partial charge on any atom is -0.478 e. The minimum atomic E-state index is -0.501. The molecule has 1 aliphatic carbocycles. The standard InChI is InChI=1S/C19H28O3/c1-4-8-17(19(20)21-3)22-18-13-14(2)11-12-16(18)15-9-6-5-7-10-15/h11-13,15,17H,4-10H2,1-3H3. The summed E-state index contributed by atoms with van der Waals surface area (Å²) in [6.07, 6.45) is 7.42. The molecule has 22 heavy (non-hydrogen) atoms. The maximum absolute atomic E-state index is 11.9. The van der Waals surface area contributed by atoms with Gasteiger partial charge in [-0.2, -0.15) is 0 Å². The predicted octanol–water partition coefficient (Wildman–Crippen LogP) is 4.76. The number of carbonyl (C=O) groups is 1. The summed E-state index contributed by atoms with van der Waals surface area (Å²) in [6.45, 7) is 4.11. The van der Waals surface area contributed by atoms with Crippen LogP contribution in [0.2, 0.25) is 0 Å². The molecule has 3 nitrogen and oxygen atoms in total. The summed E-state index contributed by atoms with van der Waals surface area (Å²) in [5.41, 5.74) is 2.42. The molecule has 0 heterocycles. The van der Waals surface area contributed by atoms with E-state index < -0.39 is 6.10 Å². The fourth-order valence-corrected chi connectivity index (χ4v) is 3.27. The SMILES string of the molecule is CCCC(Oc1cc(C)ccc1C1CCCCC1)C(=O)OC. The van der Waals surface area contributed by atoms with Crippen molar-refractivity contribution in [2.75, 3.05) is 7.11 Å². The van der Waals surface area contributed by atoms with Gasteiger partial charge < -0.3 is 9.47 Å². The molecule has 1 aromatic carbocycles. The zero-order valence-electron chi connectivity index (χ0n) is 14.1. The lowest BCUT2D eigenvalue weighted by Crippen LogP contribution is -2.29. The van der Waals surface area contributed by atoms with Crippen LogP contribution in [0.1, 0.15) is 68.9 Å². The molecule has 1 aromatic rings. The van der Waals surface area contributed by atoms with Gasteiger partial charge in [-0.15, -0.1) is 0 Å². The molecule has 0 spiro atoms. The van der Waals surface area contributed by atoms with E-state index in [0.717, 1.165) is 17.7 Å². The van der Waals surface area contributed by atoms with Crippen molar-refractivity contribution >= 4 is 5.97 Å². The highest BCUT2D eigenvalue weighted by Crippen LogP contribution is 2.38. The third-order valence-corrected chi connectivity index (χ3v) is 4.50. The third-order valence-electron chi connectivity index (χ3n) is 4.50. The number of carbonyl (C=O) groups excluding carboxylic acids is 1. The van der Waals surface area contributed by atoms with Crippen LogP contribution in [-0.4, -0.2) is 19.2 Å². The first kappa shape index (κ1) is 16.9. The van der Waals surface area contributed by atoms with Gasteiger partial charge in [0.1, 0.15) is 5.75 Å². The molecule has 0 amide bonds. The molecule has 0 radical (unpaired) electrons. The smallest absolute Gasteiger partial charge is 0.347 e. The monoisotopic (exact) mass is 304 g/mol. The van der Waals surface area contributed by atoms with E-state index in [1.54, 1.807) is 0 Å².